The highest BCUT2D eigenvalue weighted by Crippen LogP contribution is 2.39. The van der Waals surface area contributed by atoms with Crippen molar-refractivity contribution in [3.8, 4) is 23.0 Å². The van der Waals surface area contributed by atoms with E-state index < -0.39 is 0 Å². The number of amides is 2. The summed E-state index contributed by atoms with van der Waals surface area (Å²) < 4.78 is 23.5. The quantitative estimate of drug-likeness (QED) is 0.393. The van der Waals surface area contributed by atoms with Crippen LogP contribution in [0.1, 0.15) is 46.4 Å². The van der Waals surface area contributed by atoms with Gasteiger partial charge in [0.15, 0.2) is 23.0 Å². The SMILES string of the molecule is COc1cc2c(cc1OCCN1CCN(CCOc3cc4c(cc3OC)C(=O)N3CCCC3C=N4)CC1)N=CC1CCCN1C2=O. The van der Waals surface area contributed by atoms with Crippen LogP contribution in [-0.4, -0.2) is 136 Å². The number of ether oxygens (including phenoxy) is 4. The van der Waals surface area contributed by atoms with Crippen LogP contribution in [0, 0.1) is 0 Å². The third-order valence-electron chi connectivity index (χ3n) is 9.71. The number of benzene rings is 2. The molecule has 5 aliphatic rings. The van der Waals surface area contributed by atoms with Gasteiger partial charge in [-0.1, -0.05) is 0 Å². The Hall–Kier alpha value is -4.16. The van der Waals surface area contributed by atoms with Gasteiger partial charge in [-0.15, -0.1) is 0 Å². The number of methoxy groups -OCH3 is 2. The average Bonchev–Trinajstić information content (AvgIpc) is 3.71. The fourth-order valence-corrected chi connectivity index (χ4v) is 7.05. The molecule has 2 aromatic carbocycles. The zero-order valence-electron chi connectivity index (χ0n) is 26.7. The second-order valence-corrected chi connectivity index (χ2v) is 12.4. The Morgan fingerprint density at radius 2 is 1.07 bits per heavy atom. The van der Waals surface area contributed by atoms with Crippen LogP contribution >= 0.6 is 0 Å². The lowest BCUT2D eigenvalue weighted by Gasteiger charge is -2.34. The molecule has 0 N–H and O–H groups in total. The second kappa shape index (κ2) is 13.3. The van der Waals surface area contributed by atoms with Crippen molar-refractivity contribution in [3.63, 3.8) is 0 Å². The molecule has 0 bridgehead atoms. The van der Waals surface area contributed by atoms with Gasteiger partial charge in [0.1, 0.15) is 13.2 Å². The van der Waals surface area contributed by atoms with Gasteiger partial charge in [0.05, 0.1) is 48.8 Å². The molecule has 2 aromatic rings. The minimum Gasteiger partial charge on any atom is -0.493 e. The van der Waals surface area contributed by atoms with Crippen molar-refractivity contribution in [1.29, 1.82) is 0 Å². The monoisotopic (exact) mass is 630 g/mol. The molecule has 2 amide bonds. The van der Waals surface area contributed by atoms with Crippen LogP contribution in [0.4, 0.5) is 11.4 Å². The van der Waals surface area contributed by atoms with Crippen LogP contribution in [0.3, 0.4) is 0 Å². The van der Waals surface area contributed by atoms with Gasteiger partial charge in [-0.2, -0.15) is 0 Å². The first-order valence-corrected chi connectivity index (χ1v) is 16.4. The lowest BCUT2D eigenvalue weighted by Crippen LogP contribution is -2.48. The van der Waals surface area contributed by atoms with E-state index in [9.17, 15) is 9.59 Å². The van der Waals surface area contributed by atoms with Crippen LogP contribution in [0.2, 0.25) is 0 Å². The number of hydrogen-bond acceptors (Lipinski definition) is 10. The summed E-state index contributed by atoms with van der Waals surface area (Å²) in [7, 11) is 3.20. The number of rotatable bonds is 10. The van der Waals surface area contributed by atoms with Gasteiger partial charge in [0, 0.05) is 76.9 Å². The zero-order chi connectivity index (χ0) is 31.6. The number of carbonyl (C=O) groups excluding carboxylic acids is 2. The van der Waals surface area contributed by atoms with Gasteiger partial charge in [-0.05, 0) is 37.8 Å². The van der Waals surface area contributed by atoms with Crippen molar-refractivity contribution in [1.82, 2.24) is 19.6 Å². The maximum atomic E-state index is 13.1. The topological polar surface area (TPSA) is 109 Å². The van der Waals surface area contributed by atoms with Gasteiger partial charge in [-0.25, -0.2) is 0 Å². The number of hydrogen-bond donors (Lipinski definition) is 0. The van der Waals surface area contributed by atoms with Crippen LogP contribution in [0.25, 0.3) is 0 Å². The minimum absolute atomic E-state index is 0.00580. The Morgan fingerprint density at radius 3 is 1.48 bits per heavy atom. The number of carbonyl (C=O) groups is 2. The van der Waals surface area contributed by atoms with Gasteiger partial charge in [0.25, 0.3) is 11.8 Å². The molecule has 3 fully saturated rings. The van der Waals surface area contributed by atoms with Gasteiger partial charge < -0.3 is 28.7 Å². The van der Waals surface area contributed by atoms with Crippen molar-refractivity contribution >= 4 is 35.6 Å². The number of fused-ring (bicyclic) bond motifs is 4. The Labute approximate surface area is 269 Å². The molecule has 12 heteroatoms. The molecule has 0 spiro atoms. The van der Waals surface area contributed by atoms with E-state index in [0.29, 0.717) is 58.7 Å². The van der Waals surface area contributed by atoms with Crippen LogP contribution in [0.15, 0.2) is 34.3 Å². The van der Waals surface area contributed by atoms with Crippen molar-refractivity contribution in [2.45, 2.75) is 37.8 Å². The smallest absolute Gasteiger partial charge is 0.256 e. The minimum atomic E-state index is 0.00580. The molecule has 0 radical (unpaired) electrons. The molecule has 5 aliphatic heterocycles. The molecule has 2 atom stereocenters. The Morgan fingerprint density at radius 1 is 0.630 bits per heavy atom. The molecule has 46 heavy (non-hydrogen) atoms. The molecule has 0 aliphatic carbocycles. The molecule has 7 rings (SSSR count). The Kier molecular flexibility index (Phi) is 8.81. The van der Waals surface area contributed by atoms with Crippen molar-refractivity contribution in [2.24, 2.45) is 9.98 Å². The van der Waals surface area contributed by atoms with E-state index in [-0.39, 0.29) is 23.9 Å². The zero-order valence-corrected chi connectivity index (χ0v) is 26.7. The van der Waals surface area contributed by atoms with E-state index in [1.54, 1.807) is 26.4 Å². The first-order valence-electron chi connectivity index (χ1n) is 16.4. The normalized spacial score (nSPS) is 22.6. The third-order valence-corrected chi connectivity index (χ3v) is 9.71. The number of aliphatic imine (C=N–C) groups is 2. The van der Waals surface area contributed by atoms with Crippen LogP contribution in [0.5, 0.6) is 23.0 Å². The summed E-state index contributed by atoms with van der Waals surface area (Å²) in [6, 6.07) is 7.32. The van der Waals surface area contributed by atoms with E-state index in [2.05, 4.69) is 19.8 Å². The summed E-state index contributed by atoms with van der Waals surface area (Å²) in [5.74, 6) is 2.32. The van der Waals surface area contributed by atoms with Crippen molar-refractivity contribution in [2.75, 3.05) is 79.8 Å². The van der Waals surface area contributed by atoms with Crippen molar-refractivity contribution in [3.05, 3.63) is 35.4 Å². The first kappa shape index (κ1) is 30.5. The first-order chi connectivity index (χ1) is 22.5. The fourth-order valence-electron chi connectivity index (χ4n) is 7.05. The lowest BCUT2D eigenvalue weighted by molar-refractivity contribution is 0.0766. The molecule has 2 unspecified atom stereocenters. The summed E-state index contributed by atoms with van der Waals surface area (Å²) in [4.78, 5) is 44.1. The fraction of sp³-hybridized carbons (Fsp3) is 0.529. The van der Waals surface area contributed by atoms with Crippen molar-refractivity contribution < 1.29 is 28.5 Å². The molecule has 5 heterocycles. The highest BCUT2D eigenvalue weighted by molar-refractivity contribution is 6.04. The molecule has 244 valence electrons. The third kappa shape index (κ3) is 6.03. The predicted octanol–water partition coefficient (Wildman–Crippen LogP) is 3.42. The summed E-state index contributed by atoms with van der Waals surface area (Å²) >= 11 is 0. The summed E-state index contributed by atoms with van der Waals surface area (Å²) in [6.07, 6.45) is 7.68. The molecule has 3 saturated heterocycles. The predicted molar refractivity (Wildman–Crippen MR) is 174 cm³/mol. The molecule has 12 nitrogen and oxygen atoms in total. The van der Waals surface area contributed by atoms with Crippen LogP contribution < -0.4 is 18.9 Å². The standard InChI is InChI=1S/C34H42N6O6/c1-43-29-17-25-27(35-21-23-5-3-7-39(23)33(25)41)19-31(29)45-15-13-37-9-11-38(12-10-37)14-16-46-32-20-28-26(18-30(32)44-2)34(42)40-8-4-6-24(40)22-36-28/h17-24H,3-16H2,1-2H3. The molecule has 0 aromatic heterocycles. The Balaban J connectivity index is 0.885. The summed E-state index contributed by atoms with van der Waals surface area (Å²) in [6.45, 7) is 7.81. The van der Waals surface area contributed by atoms with E-state index in [0.717, 1.165) is 78.0 Å². The average molecular weight is 631 g/mol. The van der Waals surface area contributed by atoms with E-state index in [1.165, 1.54) is 0 Å². The lowest BCUT2D eigenvalue weighted by atomic mass is 10.1. The molecule has 0 saturated carbocycles. The van der Waals surface area contributed by atoms with Gasteiger partial charge in [-0.3, -0.25) is 29.4 Å². The molecular weight excluding hydrogens is 588 g/mol. The van der Waals surface area contributed by atoms with Gasteiger partial charge >= 0.3 is 0 Å². The van der Waals surface area contributed by atoms with Crippen LogP contribution in [-0.2, 0) is 0 Å². The van der Waals surface area contributed by atoms with E-state index in [1.807, 2.05) is 34.4 Å². The second-order valence-electron chi connectivity index (χ2n) is 12.4. The highest BCUT2D eigenvalue weighted by Gasteiger charge is 2.34. The maximum Gasteiger partial charge on any atom is 0.256 e. The summed E-state index contributed by atoms with van der Waals surface area (Å²) in [5.41, 5.74) is 2.40. The summed E-state index contributed by atoms with van der Waals surface area (Å²) in [5, 5.41) is 0. The largest absolute Gasteiger partial charge is 0.493 e. The van der Waals surface area contributed by atoms with Gasteiger partial charge in [0.2, 0.25) is 0 Å². The maximum absolute atomic E-state index is 13.1. The number of piperazine rings is 1. The van der Waals surface area contributed by atoms with E-state index in [4.69, 9.17) is 18.9 Å². The highest BCUT2D eigenvalue weighted by atomic mass is 16.5. The van der Waals surface area contributed by atoms with E-state index >= 15 is 0 Å². The Bertz CT molecular complexity index is 1420. The molecular formula is C34H42N6O6. The number of nitrogens with zero attached hydrogens (tertiary/aromatic N) is 6.